The number of amides is 4. The molecule has 0 atom stereocenters. The van der Waals surface area contributed by atoms with Gasteiger partial charge in [-0.05, 0) is 57.5 Å². The van der Waals surface area contributed by atoms with Crippen molar-refractivity contribution in [3.8, 4) is 0 Å². The van der Waals surface area contributed by atoms with Crippen LogP contribution in [0.25, 0.3) is 6.08 Å². The molecule has 0 aliphatic carbocycles. The Morgan fingerprint density at radius 3 is 2.46 bits per heavy atom. The molecule has 0 bridgehead atoms. The fraction of sp³-hybridized carbons (Fsp3) is 0.286. The molecule has 4 amide bonds. The Balaban J connectivity index is 1.70. The Bertz CT molecular complexity index is 955. The molecule has 0 saturated carbocycles. The normalized spacial score (nSPS) is 15.5. The van der Waals surface area contributed by atoms with Crippen molar-refractivity contribution in [2.75, 3.05) is 11.9 Å². The molecule has 28 heavy (non-hydrogen) atoms. The van der Waals surface area contributed by atoms with Crippen molar-refractivity contribution in [2.45, 2.75) is 33.7 Å². The lowest BCUT2D eigenvalue weighted by Crippen LogP contribution is -2.38. The van der Waals surface area contributed by atoms with Gasteiger partial charge in [0.05, 0.1) is 0 Å². The van der Waals surface area contributed by atoms with Crippen LogP contribution in [0.1, 0.15) is 36.7 Å². The summed E-state index contributed by atoms with van der Waals surface area (Å²) in [6, 6.07) is 8.92. The lowest BCUT2D eigenvalue weighted by molar-refractivity contribution is -0.127. The number of imide groups is 1. The quantitative estimate of drug-likeness (QED) is 0.617. The monoisotopic (exact) mass is 380 g/mol. The number of anilines is 1. The first-order valence-electron chi connectivity index (χ1n) is 9.14. The van der Waals surface area contributed by atoms with Crippen LogP contribution < -0.4 is 10.6 Å². The van der Waals surface area contributed by atoms with E-state index in [1.54, 1.807) is 18.2 Å². The lowest BCUT2D eigenvalue weighted by Gasteiger charge is -2.12. The largest absolute Gasteiger partial charge is 0.349 e. The van der Waals surface area contributed by atoms with Crippen LogP contribution in [-0.4, -0.2) is 33.9 Å². The molecule has 1 aromatic carbocycles. The number of carbonyl (C=O) groups excluding carboxylic acids is 3. The van der Waals surface area contributed by atoms with Gasteiger partial charge in [-0.25, -0.2) is 9.69 Å². The van der Waals surface area contributed by atoms with Crippen molar-refractivity contribution in [1.82, 2.24) is 14.8 Å². The highest BCUT2D eigenvalue weighted by Crippen LogP contribution is 2.19. The van der Waals surface area contributed by atoms with Gasteiger partial charge < -0.3 is 15.2 Å². The van der Waals surface area contributed by atoms with Crippen LogP contribution in [0.2, 0.25) is 0 Å². The maximum absolute atomic E-state index is 12.6. The third-order valence-corrected chi connectivity index (χ3v) is 4.54. The topological polar surface area (TPSA) is 83.4 Å². The van der Waals surface area contributed by atoms with Crippen LogP contribution in [0.5, 0.6) is 0 Å². The number of nitrogens with one attached hydrogen (secondary N) is 2. The van der Waals surface area contributed by atoms with Gasteiger partial charge in [0.1, 0.15) is 12.2 Å². The summed E-state index contributed by atoms with van der Waals surface area (Å²) < 4.78 is 2.08. The van der Waals surface area contributed by atoms with Gasteiger partial charge in [0.15, 0.2) is 0 Å². The molecule has 3 rings (SSSR count). The summed E-state index contributed by atoms with van der Waals surface area (Å²) in [7, 11) is 0. The van der Waals surface area contributed by atoms with Crippen LogP contribution in [0.4, 0.5) is 10.5 Å². The van der Waals surface area contributed by atoms with E-state index in [1.165, 1.54) is 0 Å². The van der Waals surface area contributed by atoms with Crippen molar-refractivity contribution in [3.05, 3.63) is 59.0 Å². The minimum Gasteiger partial charge on any atom is -0.349 e. The van der Waals surface area contributed by atoms with E-state index in [0.29, 0.717) is 11.7 Å². The minimum absolute atomic E-state index is 0.161. The Hall–Kier alpha value is -3.35. The van der Waals surface area contributed by atoms with Crippen LogP contribution in [-0.2, 0) is 9.59 Å². The van der Waals surface area contributed by atoms with E-state index in [2.05, 4.69) is 29.0 Å². The van der Waals surface area contributed by atoms with Crippen molar-refractivity contribution >= 4 is 29.6 Å². The second-order valence-corrected chi connectivity index (χ2v) is 7.21. The third kappa shape index (κ3) is 4.14. The number of hydrogen-bond acceptors (Lipinski definition) is 3. The average molecular weight is 380 g/mol. The third-order valence-electron chi connectivity index (χ3n) is 4.54. The molecule has 7 heteroatoms. The predicted octanol–water partition coefficient (Wildman–Crippen LogP) is 3.22. The molecule has 2 N–H and O–H groups in total. The summed E-state index contributed by atoms with van der Waals surface area (Å²) in [5, 5.41) is 5.24. The summed E-state index contributed by atoms with van der Waals surface area (Å²) in [4.78, 5) is 37.9. The Kier molecular flexibility index (Phi) is 5.35. The highest BCUT2D eigenvalue weighted by atomic mass is 16.2. The Morgan fingerprint density at radius 2 is 1.86 bits per heavy atom. The zero-order chi connectivity index (χ0) is 20.4. The zero-order valence-electron chi connectivity index (χ0n) is 16.4. The molecular weight excluding hydrogens is 356 g/mol. The molecule has 0 radical (unpaired) electrons. The van der Waals surface area contributed by atoms with Gasteiger partial charge >= 0.3 is 6.03 Å². The summed E-state index contributed by atoms with van der Waals surface area (Å²) in [5.74, 6) is -0.950. The molecule has 1 aliphatic rings. The number of carbonyl (C=O) groups is 3. The van der Waals surface area contributed by atoms with Gasteiger partial charge in [0, 0.05) is 23.6 Å². The molecular formula is C21H24N4O3. The highest BCUT2D eigenvalue weighted by molar-refractivity contribution is 6.15. The molecule has 7 nitrogen and oxygen atoms in total. The van der Waals surface area contributed by atoms with E-state index in [1.807, 2.05) is 38.2 Å². The smallest absolute Gasteiger partial charge is 0.329 e. The maximum atomic E-state index is 12.6. The standard InChI is InChI=1S/C21H24N4O3/c1-13(2)24-11-16(9-15(24)4)10-18-20(27)25(21(28)23-18)12-19(26)22-17-7-5-14(3)6-8-17/h5-11,13H,12H2,1-4H3,(H,22,26)(H,23,28)/b18-10+. The van der Waals surface area contributed by atoms with Gasteiger partial charge in [-0.15, -0.1) is 0 Å². The predicted molar refractivity (Wildman–Crippen MR) is 108 cm³/mol. The second-order valence-electron chi connectivity index (χ2n) is 7.21. The van der Waals surface area contributed by atoms with E-state index >= 15 is 0 Å². The fourth-order valence-electron chi connectivity index (χ4n) is 3.11. The summed E-state index contributed by atoms with van der Waals surface area (Å²) >= 11 is 0. The molecule has 146 valence electrons. The van der Waals surface area contributed by atoms with Gasteiger partial charge in [0.25, 0.3) is 5.91 Å². The molecule has 2 heterocycles. The van der Waals surface area contributed by atoms with Crippen molar-refractivity contribution in [1.29, 1.82) is 0 Å². The molecule has 0 spiro atoms. The Morgan fingerprint density at radius 1 is 1.18 bits per heavy atom. The first kappa shape index (κ1) is 19.4. The van der Waals surface area contributed by atoms with Crippen molar-refractivity contribution in [3.63, 3.8) is 0 Å². The highest BCUT2D eigenvalue weighted by Gasteiger charge is 2.35. The number of aryl methyl sites for hydroxylation is 2. The van der Waals surface area contributed by atoms with E-state index in [-0.39, 0.29) is 12.2 Å². The fourth-order valence-corrected chi connectivity index (χ4v) is 3.11. The van der Waals surface area contributed by atoms with Crippen molar-refractivity contribution in [2.24, 2.45) is 0 Å². The molecule has 1 fully saturated rings. The summed E-state index contributed by atoms with van der Waals surface area (Å²) in [6.45, 7) is 7.73. The van der Waals surface area contributed by atoms with Crippen molar-refractivity contribution < 1.29 is 14.4 Å². The Labute approximate surface area is 164 Å². The van der Waals surface area contributed by atoms with Crippen LogP contribution in [0.3, 0.4) is 0 Å². The summed E-state index contributed by atoms with van der Waals surface area (Å²) in [5.41, 5.74) is 3.73. The number of aromatic nitrogens is 1. The second kappa shape index (κ2) is 7.72. The van der Waals surface area contributed by atoms with Gasteiger partial charge in [-0.1, -0.05) is 17.7 Å². The molecule has 1 aromatic heterocycles. The molecule has 2 aromatic rings. The van der Waals surface area contributed by atoms with Crippen LogP contribution >= 0.6 is 0 Å². The van der Waals surface area contributed by atoms with Gasteiger partial charge in [0.2, 0.25) is 5.91 Å². The minimum atomic E-state index is -0.602. The SMILES string of the molecule is Cc1ccc(NC(=O)CN2C(=O)N/C(=C/c3cc(C)n(C(C)C)c3)C2=O)cc1. The van der Waals surface area contributed by atoms with E-state index in [4.69, 9.17) is 0 Å². The first-order valence-corrected chi connectivity index (χ1v) is 9.14. The summed E-state index contributed by atoms with van der Waals surface area (Å²) in [6.07, 6.45) is 3.56. The average Bonchev–Trinajstić information content (AvgIpc) is 3.12. The van der Waals surface area contributed by atoms with Gasteiger partial charge in [-0.2, -0.15) is 0 Å². The molecule has 0 unspecified atom stereocenters. The molecule has 1 aliphatic heterocycles. The lowest BCUT2D eigenvalue weighted by atomic mass is 10.2. The zero-order valence-corrected chi connectivity index (χ0v) is 16.4. The number of rotatable bonds is 5. The maximum Gasteiger partial charge on any atom is 0.329 e. The van der Waals surface area contributed by atoms with E-state index in [9.17, 15) is 14.4 Å². The first-order chi connectivity index (χ1) is 13.2. The molecule has 1 saturated heterocycles. The van der Waals surface area contributed by atoms with E-state index in [0.717, 1.165) is 21.7 Å². The number of urea groups is 1. The number of hydrogen-bond donors (Lipinski definition) is 2. The van der Waals surface area contributed by atoms with E-state index < -0.39 is 17.8 Å². The van der Waals surface area contributed by atoms with Crippen LogP contribution in [0.15, 0.2) is 42.2 Å². The number of benzene rings is 1. The van der Waals surface area contributed by atoms with Crippen LogP contribution in [0, 0.1) is 13.8 Å². The number of nitrogens with zero attached hydrogens (tertiary/aromatic N) is 2. The van der Waals surface area contributed by atoms with Gasteiger partial charge in [-0.3, -0.25) is 9.59 Å².